The highest BCUT2D eigenvalue weighted by atomic mass is 16.5. The molecule has 0 saturated heterocycles. The molecule has 0 aromatic heterocycles. The highest BCUT2D eigenvalue weighted by Crippen LogP contribution is 2.22. The number of carbonyl (C=O) groups is 2. The Bertz CT molecular complexity index is 730. The molecule has 7 heteroatoms. The number of phenols is 2. The van der Waals surface area contributed by atoms with Crippen LogP contribution in [0, 0.1) is 6.92 Å². The van der Waals surface area contributed by atoms with Crippen molar-refractivity contribution in [1.29, 1.82) is 0 Å². The lowest BCUT2D eigenvalue weighted by Crippen LogP contribution is -2.43. The van der Waals surface area contributed by atoms with Gasteiger partial charge in [0.2, 0.25) is 0 Å². The quantitative estimate of drug-likeness (QED) is 0.635. The molecule has 0 aliphatic heterocycles. The lowest BCUT2D eigenvalue weighted by molar-refractivity contribution is -0.123. The summed E-state index contributed by atoms with van der Waals surface area (Å²) in [6.45, 7) is 1.63. The Labute approximate surface area is 132 Å². The van der Waals surface area contributed by atoms with E-state index in [1.165, 1.54) is 12.1 Å². The summed E-state index contributed by atoms with van der Waals surface area (Å²) in [6.07, 6.45) is 0. The second-order valence-electron chi connectivity index (χ2n) is 4.81. The van der Waals surface area contributed by atoms with Crippen molar-refractivity contribution in [2.45, 2.75) is 6.92 Å². The van der Waals surface area contributed by atoms with Gasteiger partial charge in [-0.15, -0.1) is 0 Å². The summed E-state index contributed by atoms with van der Waals surface area (Å²) in [4.78, 5) is 23.4. The smallest absolute Gasteiger partial charge is 0.276 e. The van der Waals surface area contributed by atoms with E-state index in [9.17, 15) is 14.7 Å². The van der Waals surface area contributed by atoms with Gasteiger partial charge < -0.3 is 14.9 Å². The molecule has 2 rings (SSSR count). The number of rotatable bonds is 4. The Morgan fingerprint density at radius 3 is 2.57 bits per heavy atom. The van der Waals surface area contributed by atoms with Gasteiger partial charge in [0.1, 0.15) is 17.2 Å². The summed E-state index contributed by atoms with van der Waals surface area (Å²) in [5.41, 5.74) is 5.24. The Kier molecular flexibility index (Phi) is 5.03. The number of aromatic hydroxyl groups is 2. The minimum Gasteiger partial charge on any atom is -0.508 e. The van der Waals surface area contributed by atoms with Gasteiger partial charge in [-0.1, -0.05) is 12.1 Å². The van der Waals surface area contributed by atoms with Gasteiger partial charge >= 0.3 is 0 Å². The van der Waals surface area contributed by atoms with Crippen molar-refractivity contribution >= 4 is 11.8 Å². The summed E-state index contributed by atoms with van der Waals surface area (Å²) < 4.78 is 5.28. The molecule has 120 valence electrons. The molecule has 2 aromatic rings. The van der Waals surface area contributed by atoms with Crippen LogP contribution in [0.4, 0.5) is 0 Å². The van der Waals surface area contributed by atoms with E-state index in [1.807, 2.05) is 13.0 Å². The van der Waals surface area contributed by atoms with Crippen LogP contribution < -0.4 is 15.6 Å². The average molecular weight is 316 g/mol. The first-order chi connectivity index (χ1) is 11.0. The van der Waals surface area contributed by atoms with Gasteiger partial charge in [-0.05, 0) is 36.8 Å². The number of benzene rings is 2. The van der Waals surface area contributed by atoms with Crippen LogP contribution in [-0.4, -0.2) is 28.6 Å². The van der Waals surface area contributed by atoms with Crippen LogP contribution >= 0.6 is 0 Å². The van der Waals surface area contributed by atoms with Gasteiger partial charge in [0, 0.05) is 6.07 Å². The third kappa shape index (κ3) is 4.63. The Morgan fingerprint density at radius 2 is 1.87 bits per heavy atom. The molecule has 0 saturated carbocycles. The molecule has 2 amide bonds. The zero-order valence-corrected chi connectivity index (χ0v) is 12.4. The molecule has 4 N–H and O–H groups in total. The van der Waals surface area contributed by atoms with Crippen molar-refractivity contribution in [1.82, 2.24) is 10.9 Å². The molecule has 23 heavy (non-hydrogen) atoms. The van der Waals surface area contributed by atoms with E-state index in [1.54, 1.807) is 18.2 Å². The third-order valence-electron chi connectivity index (χ3n) is 2.90. The van der Waals surface area contributed by atoms with Crippen molar-refractivity contribution in [3.05, 3.63) is 53.6 Å². The number of hydrogen-bond acceptors (Lipinski definition) is 5. The van der Waals surface area contributed by atoms with Crippen LogP contribution in [-0.2, 0) is 4.79 Å². The molecule has 0 aliphatic carbocycles. The van der Waals surface area contributed by atoms with Gasteiger partial charge in [0.15, 0.2) is 6.61 Å². The Balaban J connectivity index is 1.83. The molecule has 0 fully saturated rings. The number of hydrazine groups is 1. The SMILES string of the molecule is Cc1cccc(OCC(=O)NNC(=O)c2ccc(O)cc2O)c1. The zero-order chi connectivity index (χ0) is 16.8. The highest BCUT2D eigenvalue weighted by molar-refractivity contribution is 5.98. The normalized spacial score (nSPS) is 9.96. The minimum absolute atomic E-state index is 0.0808. The first-order valence-electron chi connectivity index (χ1n) is 6.76. The van der Waals surface area contributed by atoms with Crippen molar-refractivity contribution in [3.63, 3.8) is 0 Å². The van der Waals surface area contributed by atoms with Crippen LogP contribution in [0.2, 0.25) is 0 Å². The van der Waals surface area contributed by atoms with E-state index in [2.05, 4.69) is 10.9 Å². The lowest BCUT2D eigenvalue weighted by Gasteiger charge is -2.10. The van der Waals surface area contributed by atoms with Crippen LogP contribution in [0.3, 0.4) is 0 Å². The Morgan fingerprint density at radius 1 is 1.09 bits per heavy atom. The molecule has 0 unspecified atom stereocenters. The van der Waals surface area contributed by atoms with E-state index >= 15 is 0 Å². The summed E-state index contributed by atoms with van der Waals surface area (Å²) in [5.74, 6) is -1.30. The monoisotopic (exact) mass is 316 g/mol. The highest BCUT2D eigenvalue weighted by Gasteiger charge is 2.12. The predicted molar refractivity (Wildman–Crippen MR) is 82.1 cm³/mol. The summed E-state index contributed by atoms with van der Waals surface area (Å²) >= 11 is 0. The van der Waals surface area contributed by atoms with Gasteiger partial charge in [-0.3, -0.25) is 20.4 Å². The van der Waals surface area contributed by atoms with Gasteiger partial charge in [0.25, 0.3) is 11.8 Å². The molecule has 0 atom stereocenters. The number of aryl methyl sites for hydroxylation is 1. The number of phenolic OH excluding ortho intramolecular Hbond substituents is 2. The second-order valence-corrected chi connectivity index (χ2v) is 4.81. The van der Waals surface area contributed by atoms with E-state index in [-0.39, 0.29) is 17.9 Å². The largest absolute Gasteiger partial charge is 0.508 e. The zero-order valence-electron chi connectivity index (χ0n) is 12.4. The fourth-order valence-corrected chi connectivity index (χ4v) is 1.80. The Hall–Kier alpha value is -3.22. The molecule has 2 aromatic carbocycles. The molecule has 0 heterocycles. The van der Waals surface area contributed by atoms with E-state index in [4.69, 9.17) is 9.84 Å². The van der Waals surface area contributed by atoms with Gasteiger partial charge in [-0.25, -0.2) is 0 Å². The first-order valence-corrected chi connectivity index (χ1v) is 6.76. The number of nitrogens with one attached hydrogen (secondary N) is 2. The molecular formula is C16H16N2O5. The van der Waals surface area contributed by atoms with Crippen LogP contribution in [0.15, 0.2) is 42.5 Å². The molecule has 0 aliphatic rings. The number of hydrogen-bond donors (Lipinski definition) is 4. The summed E-state index contributed by atoms with van der Waals surface area (Å²) in [6, 6.07) is 10.7. The van der Waals surface area contributed by atoms with Crippen molar-refractivity contribution in [2.24, 2.45) is 0 Å². The topological polar surface area (TPSA) is 108 Å². The van der Waals surface area contributed by atoms with Gasteiger partial charge in [0.05, 0.1) is 5.56 Å². The van der Waals surface area contributed by atoms with E-state index in [0.717, 1.165) is 11.6 Å². The lowest BCUT2D eigenvalue weighted by atomic mass is 10.2. The van der Waals surface area contributed by atoms with E-state index < -0.39 is 17.6 Å². The molecule has 0 spiro atoms. The predicted octanol–water partition coefficient (Wildman–Crippen LogP) is 1.25. The fourth-order valence-electron chi connectivity index (χ4n) is 1.80. The fraction of sp³-hybridized carbons (Fsp3) is 0.125. The van der Waals surface area contributed by atoms with Crippen LogP contribution in [0.25, 0.3) is 0 Å². The van der Waals surface area contributed by atoms with Crippen LogP contribution in [0.5, 0.6) is 17.2 Å². The van der Waals surface area contributed by atoms with Crippen molar-refractivity contribution in [3.8, 4) is 17.2 Å². The standard InChI is InChI=1S/C16H16N2O5/c1-10-3-2-4-12(7-10)23-9-15(21)17-18-16(22)13-6-5-11(19)8-14(13)20/h2-8,19-20H,9H2,1H3,(H,17,21)(H,18,22). The third-order valence-corrected chi connectivity index (χ3v) is 2.90. The maximum atomic E-state index is 11.8. The van der Waals surface area contributed by atoms with Crippen molar-refractivity contribution in [2.75, 3.05) is 6.61 Å². The minimum atomic E-state index is -0.716. The van der Waals surface area contributed by atoms with Crippen molar-refractivity contribution < 1.29 is 24.5 Å². The first kappa shape index (κ1) is 16.2. The molecule has 7 nitrogen and oxygen atoms in total. The maximum Gasteiger partial charge on any atom is 0.276 e. The average Bonchev–Trinajstić information content (AvgIpc) is 2.50. The van der Waals surface area contributed by atoms with Crippen LogP contribution in [0.1, 0.15) is 15.9 Å². The number of carbonyl (C=O) groups excluding carboxylic acids is 2. The number of amides is 2. The van der Waals surface area contributed by atoms with E-state index in [0.29, 0.717) is 5.75 Å². The summed E-state index contributed by atoms with van der Waals surface area (Å²) in [7, 11) is 0. The summed E-state index contributed by atoms with van der Waals surface area (Å²) in [5, 5.41) is 18.7. The maximum absolute atomic E-state index is 11.8. The molecule has 0 radical (unpaired) electrons. The molecule has 0 bridgehead atoms. The molecular weight excluding hydrogens is 300 g/mol. The van der Waals surface area contributed by atoms with Gasteiger partial charge in [-0.2, -0.15) is 0 Å². The number of ether oxygens (including phenoxy) is 1. The second kappa shape index (κ2) is 7.17.